The standard InChI is InChI=1S/C16H20N4O4S2/c1-20(16(22)14-6-3-9-25-14)11-15(21)19-12-4-2-5-13(10-12)26(23,24)18-8-7-17/h2-6,9-10,18H,7-8,11,17H2,1H3,(H,19,21). The van der Waals surface area contributed by atoms with Gasteiger partial charge in [-0.1, -0.05) is 12.1 Å². The molecule has 0 saturated heterocycles. The van der Waals surface area contributed by atoms with E-state index in [4.69, 9.17) is 5.73 Å². The average Bonchev–Trinajstić information content (AvgIpc) is 3.14. The Morgan fingerprint density at radius 1 is 1.23 bits per heavy atom. The molecular weight excluding hydrogens is 376 g/mol. The molecule has 0 aliphatic carbocycles. The Labute approximate surface area is 156 Å². The van der Waals surface area contributed by atoms with Crippen molar-refractivity contribution in [3.05, 3.63) is 46.7 Å². The van der Waals surface area contributed by atoms with Crippen LogP contribution in [0.15, 0.2) is 46.7 Å². The molecule has 0 spiro atoms. The summed E-state index contributed by atoms with van der Waals surface area (Å²) in [5.41, 5.74) is 5.62. The minimum atomic E-state index is -3.69. The van der Waals surface area contributed by atoms with Gasteiger partial charge in [0.1, 0.15) is 0 Å². The fraction of sp³-hybridized carbons (Fsp3) is 0.250. The number of anilines is 1. The largest absolute Gasteiger partial charge is 0.332 e. The lowest BCUT2D eigenvalue weighted by Crippen LogP contribution is -2.34. The molecule has 0 radical (unpaired) electrons. The second-order valence-corrected chi connectivity index (χ2v) is 8.12. The van der Waals surface area contributed by atoms with Crippen molar-refractivity contribution in [1.29, 1.82) is 0 Å². The van der Waals surface area contributed by atoms with E-state index in [2.05, 4.69) is 10.0 Å². The Bertz CT molecular complexity index is 866. The highest BCUT2D eigenvalue weighted by atomic mass is 32.2. The lowest BCUT2D eigenvalue weighted by atomic mass is 10.3. The van der Waals surface area contributed by atoms with Crippen LogP contribution in [0.5, 0.6) is 0 Å². The van der Waals surface area contributed by atoms with Gasteiger partial charge in [0.05, 0.1) is 16.3 Å². The molecule has 4 N–H and O–H groups in total. The van der Waals surface area contributed by atoms with Crippen LogP contribution in [-0.4, -0.2) is 51.8 Å². The number of nitrogens with zero attached hydrogens (tertiary/aromatic N) is 1. The van der Waals surface area contributed by atoms with Gasteiger partial charge in [-0.3, -0.25) is 9.59 Å². The van der Waals surface area contributed by atoms with Gasteiger partial charge in [0.2, 0.25) is 15.9 Å². The average molecular weight is 396 g/mol. The molecule has 140 valence electrons. The SMILES string of the molecule is CN(CC(=O)Nc1cccc(S(=O)(=O)NCCN)c1)C(=O)c1cccs1. The van der Waals surface area contributed by atoms with Gasteiger partial charge in [-0.15, -0.1) is 11.3 Å². The zero-order valence-corrected chi connectivity index (χ0v) is 15.8. The first-order valence-electron chi connectivity index (χ1n) is 7.72. The van der Waals surface area contributed by atoms with Crippen molar-refractivity contribution in [2.75, 3.05) is 32.0 Å². The van der Waals surface area contributed by atoms with Gasteiger partial charge in [-0.25, -0.2) is 13.1 Å². The highest BCUT2D eigenvalue weighted by Gasteiger charge is 2.17. The number of carbonyl (C=O) groups excluding carboxylic acids is 2. The van der Waals surface area contributed by atoms with Gasteiger partial charge in [-0.2, -0.15) is 0 Å². The smallest absolute Gasteiger partial charge is 0.264 e. The van der Waals surface area contributed by atoms with Crippen LogP contribution >= 0.6 is 11.3 Å². The molecule has 0 aliphatic heterocycles. The lowest BCUT2D eigenvalue weighted by molar-refractivity contribution is -0.116. The third-order valence-corrected chi connectivity index (χ3v) is 5.64. The van der Waals surface area contributed by atoms with Crippen LogP contribution < -0.4 is 15.8 Å². The van der Waals surface area contributed by atoms with E-state index in [9.17, 15) is 18.0 Å². The molecule has 10 heteroatoms. The summed E-state index contributed by atoms with van der Waals surface area (Å²) in [6.07, 6.45) is 0. The van der Waals surface area contributed by atoms with Crippen LogP contribution in [0, 0.1) is 0 Å². The van der Waals surface area contributed by atoms with Crippen LogP contribution in [0.25, 0.3) is 0 Å². The van der Waals surface area contributed by atoms with E-state index in [-0.39, 0.29) is 30.4 Å². The Balaban J connectivity index is 2.01. The first-order valence-corrected chi connectivity index (χ1v) is 10.1. The van der Waals surface area contributed by atoms with E-state index in [0.717, 1.165) is 0 Å². The van der Waals surface area contributed by atoms with Gasteiger partial charge in [0, 0.05) is 25.8 Å². The number of thiophene rings is 1. The topological polar surface area (TPSA) is 122 Å². The van der Waals surface area contributed by atoms with Gasteiger partial charge >= 0.3 is 0 Å². The number of nitrogens with two attached hydrogens (primary N) is 1. The van der Waals surface area contributed by atoms with E-state index < -0.39 is 15.9 Å². The predicted molar refractivity (Wildman–Crippen MR) is 101 cm³/mol. The van der Waals surface area contributed by atoms with Crippen LogP contribution in [0.3, 0.4) is 0 Å². The van der Waals surface area contributed by atoms with Gasteiger partial charge in [0.15, 0.2) is 0 Å². The Kier molecular flexibility index (Phi) is 6.86. The molecule has 0 bridgehead atoms. The number of hydrogen-bond acceptors (Lipinski definition) is 6. The summed E-state index contributed by atoms with van der Waals surface area (Å²) in [4.78, 5) is 26.1. The van der Waals surface area contributed by atoms with Crippen LogP contribution in [0.4, 0.5) is 5.69 Å². The van der Waals surface area contributed by atoms with Crippen LogP contribution in [0.2, 0.25) is 0 Å². The van der Waals surface area contributed by atoms with Crippen molar-refractivity contribution in [2.24, 2.45) is 5.73 Å². The van der Waals surface area contributed by atoms with E-state index in [1.807, 2.05) is 0 Å². The highest BCUT2D eigenvalue weighted by molar-refractivity contribution is 7.89. The number of nitrogens with one attached hydrogen (secondary N) is 2. The third kappa shape index (κ3) is 5.36. The number of sulfonamides is 1. The van der Waals surface area contributed by atoms with Gasteiger partial charge in [0.25, 0.3) is 5.91 Å². The van der Waals surface area contributed by atoms with Crippen LogP contribution in [0.1, 0.15) is 9.67 Å². The zero-order chi connectivity index (χ0) is 19.2. The zero-order valence-electron chi connectivity index (χ0n) is 14.1. The molecule has 2 rings (SSSR count). The van der Waals surface area contributed by atoms with E-state index in [0.29, 0.717) is 10.6 Å². The minimum absolute atomic E-state index is 0.0202. The Hall–Kier alpha value is -2.27. The molecule has 2 amide bonds. The molecule has 0 atom stereocenters. The monoisotopic (exact) mass is 396 g/mol. The summed E-state index contributed by atoms with van der Waals surface area (Å²) in [5.74, 6) is -0.681. The van der Waals surface area contributed by atoms with E-state index >= 15 is 0 Å². The van der Waals surface area contributed by atoms with Crippen molar-refractivity contribution in [3.63, 3.8) is 0 Å². The number of benzene rings is 1. The lowest BCUT2D eigenvalue weighted by Gasteiger charge is -2.16. The fourth-order valence-electron chi connectivity index (χ4n) is 2.09. The van der Waals surface area contributed by atoms with E-state index in [1.54, 1.807) is 23.6 Å². The second kappa shape index (κ2) is 8.90. The molecule has 26 heavy (non-hydrogen) atoms. The quantitative estimate of drug-likeness (QED) is 0.606. The molecule has 0 saturated carbocycles. The molecule has 0 aliphatic rings. The molecule has 8 nitrogen and oxygen atoms in total. The second-order valence-electron chi connectivity index (χ2n) is 5.40. The van der Waals surface area contributed by atoms with Crippen LogP contribution in [-0.2, 0) is 14.8 Å². The first kappa shape index (κ1) is 20.0. The summed E-state index contributed by atoms with van der Waals surface area (Å²) in [7, 11) is -2.16. The maximum absolute atomic E-state index is 12.1. The molecule has 1 aromatic carbocycles. The first-order chi connectivity index (χ1) is 12.3. The maximum Gasteiger partial charge on any atom is 0.264 e. The number of rotatable bonds is 8. The van der Waals surface area contributed by atoms with Crippen molar-refractivity contribution in [2.45, 2.75) is 4.90 Å². The van der Waals surface area contributed by atoms with Crippen molar-refractivity contribution < 1.29 is 18.0 Å². The predicted octanol–water partition coefficient (Wildman–Crippen LogP) is 0.696. The summed E-state index contributed by atoms with van der Waals surface area (Å²) >= 11 is 1.30. The maximum atomic E-state index is 12.1. The van der Waals surface area contributed by atoms with Crippen molar-refractivity contribution in [1.82, 2.24) is 9.62 Å². The van der Waals surface area contributed by atoms with Crippen molar-refractivity contribution in [3.8, 4) is 0 Å². The summed E-state index contributed by atoms with van der Waals surface area (Å²) in [6, 6.07) is 9.30. The van der Waals surface area contributed by atoms with E-state index in [1.165, 1.54) is 41.5 Å². The number of carbonyl (C=O) groups is 2. The third-order valence-electron chi connectivity index (χ3n) is 3.32. The van der Waals surface area contributed by atoms with Crippen molar-refractivity contribution >= 4 is 38.9 Å². The van der Waals surface area contributed by atoms with Gasteiger partial charge in [-0.05, 0) is 29.6 Å². The summed E-state index contributed by atoms with van der Waals surface area (Å²) in [5, 5.41) is 4.38. The number of amides is 2. The highest BCUT2D eigenvalue weighted by Crippen LogP contribution is 2.16. The van der Waals surface area contributed by atoms with Gasteiger partial charge < -0.3 is 16.0 Å². The summed E-state index contributed by atoms with van der Waals surface area (Å²) in [6.45, 7) is 0.147. The molecule has 0 unspecified atom stereocenters. The molecular formula is C16H20N4O4S2. The molecule has 1 aromatic heterocycles. The molecule has 2 aromatic rings. The summed E-state index contributed by atoms with van der Waals surface area (Å²) < 4.78 is 26.5. The normalized spacial score (nSPS) is 11.2. The molecule has 0 fully saturated rings. The number of likely N-dealkylation sites (N-methyl/N-ethyl adjacent to an activating group) is 1. The Morgan fingerprint density at radius 2 is 2.00 bits per heavy atom. The Morgan fingerprint density at radius 3 is 2.65 bits per heavy atom. The fourth-order valence-corrected chi connectivity index (χ4v) is 3.90. The minimum Gasteiger partial charge on any atom is -0.332 e. The molecule has 1 heterocycles. The number of hydrogen-bond donors (Lipinski definition) is 3.